The minimum atomic E-state index is -1.03. The highest BCUT2D eigenvalue weighted by molar-refractivity contribution is 5.69. The van der Waals surface area contributed by atoms with Crippen molar-refractivity contribution in [2.24, 2.45) is 0 Å². The molecule has 0 aromatic heterocycles. The first-order chi connectivity index (χ1) is 20.7. The highest BCUT2D eigenvalue weighted by Gasteiger charge is 2.51. The third-order valence-electron chi connectivity index (χ3n) is 6.97. The van der Waals surface area contributed by atoms with Gasteiger partial charge >= 0.3 is 23.9 Å². The second kappa shape index (κ2) is 20.8. The zero-order valence-corrected chi connectivity index (χ0v) is 26.0. The molecule has 1 fully saturated rings. The Labute approximate surface area is 254 Å². The largest absolute Gasteiger partial charge is 0.469 e. The van der Waals surface area contributed by atoms with Gasteiger partial charge in [-0.2, -0.15) is 0 Å². The fourth-order valence-electron chi connectivity index (χ4n) is 4.86. The van der Waals surface area contributed by atoms with Crippen molar-refractivity contribution in [2.45, 2.75) is 122 Å². The third kappa shape index (κ3) is 14.8. The van der Waals surface area contributed by atoms with Crippen molar-refractivity contribution in [3.63, 3.8) is 0 Å². The molecule has 1 aromatic carbocycles. The second-order valence-corrected chi connectivity index (χ2v) is 10.6. The summed E-state index contributed by atoms with van der Waals surface area (Å²) in [7, 11) is 1.41. The molecule has 1 aliphatic rings. The lowest BCUT2D eigenvalue weighted by Crippen LogP contribution is -2.62. The normalized spacial score (nSPS) is 21.5. The maximum Gasteiger partial charge on any atom is 0.305 e. The van der Waals surface area contributed by atoms with Gasteiger partial charge in [0.1, 0.15) is 18.8 Å². The van der Waals surface area contributed by atoms with Crippen LogP contribution in [0.5, 0.6) is 0 Å². The van der Waals surface area contributed by atoms with Gasteiger partial charge in [-0.1, -0.05) is 75.3 Å². The van der Waals surface area contributed by atoms with Crippen LogP contribution in [0.25, 0.3) is 0 Å². The average molecular weight is 609 g/mol. The lowest BCUT2D eigenvalue weighted by molar-refractivity contribution is -0.313. The average Bonchev–Trinajstić information content (AvgIpc) is 2.97. The van der Waals surface area contributed by atoms with Gasteiger partial charge in [0.05, 0.1) is 13.7 Å². The van der Waals surface area contributed by atoms with Gasteiger partial charge in [0.15, 0.2) is 18.5 Å². The summed E-state index contributed by atoms with van der Waals surface area (Å²) in [6, 6.07) is 9.40. The highest BCUT2D eigenvalue weighted by atomic mass is 16.7. The number of carbonyl (C=O) groups is 4. The third-order valence-corrected chi connectivity index (χ3v) is 6.97. The van der Waals surface area contributed by atoms with E-state index < -0.39 is 48.6 Å². The second-order valence-electron chi connectivity index (χ2n) is 10.6. The van der Waals surface area contributed by atoms with Crippen molar-refractivity contribution in [1.82, 2.24) is 0 Å². The molecule has 1 aliphatic heterocycles. The van der Waals surface area contributed by atoms with E-state index in [1.165, 1.54) is 27.9 Å². The fourth-order valence-corrected chi connectivity index (χ4v) is 4.86. The summed E-state index contributed by atoms with van der Waals surface area (Å²) in [6.45, 7) is 4.10. The lowest BCUT2D eigenvalue weighted by atomic mass is 9.98. The van der Waals surface area contributed by atoms with Crippen LogP contribution in [-0.4, -0.2) is 74.9 Å². The number of rotatable bonds is 20. The zero-order chi connectivity index (χ0) is 31.5. The van der Waals surface area contributed by atoms with Gasteiger partial charge in [0, 0.05) is 33.8 Å². The Bertz CT molecular complexity index is 967. The smallest absolute Gasteiger partial charge is 0.305 e. The molecule has 11 nitrogen and oxygen atoms in total. The van der Waals surface area contributed by atoms with Crippen molar-refractivity contribution < 1.29 is 52.3 Å². The molecule has 0 bridgehead atoms. The Morgan fingerprint density at radius 2 is 1.28 bits per heavy atom. The first-order valence-corrected chi connectivity index (χ1v) is 15.2. The van der Waals surface area contributed by atoms with Crippen molar-refractivity contribution in [2.75, 3.05) is 20.3 Å². The SMILES string of the molecule is COC(=O)CCCCCCCCCCCO[C@H]1O[C@H](COC(C)=O)[C@@H](OC(C)=O)[C@H](OCc2ccccc2)[C@H]1OC(C)=O. The molecule has 5 atom stereocenters. The van der Waals surface area contributed by atoms with Gasteiger partial charge in [-0.25, -0.2) is 0 Å². The van der Waals surface area contributed by atoms with Gasteiger partial charge < -0.3 is 33.2 Å². The summed E-state index contributed by atoms with van der Waals surface area (Å²) in [5, 5.41) is 0. The highest BCUT2D eigenvalue weighted by Crippen LogP contribution is 2.30. The van der Waals surface area contributed by atoms with E-state index in [1.807, 2.05) is 30.3 Å². The standard InChI is InChI=1S/C32H48O11/c1-23(33)39-22-27-29(41-24(2)34)30(40-21-26-17-13-12-14-18-26)31(42-25(3)35)32(43-27)38-20-16-11-9-7-5-6-8-10-15-19-28(36)37-4/h12-14,17-18,27,29-32H,5-11,15-16,19-22H2,1-4H3/t27-,29-,30+,31-,32+/m1/s1. The fraction of sp³-hybridized carbons (Fsp3) is 0.688. The van der Waals surface area contributed by atoms with E-state index in [2.05, 4.69) is 4.74 Å². The van der Waals surface area contributed by atoms with E-state index in [-0.39, 0.29) is 19.2 Å². The molecule has 0 spiro atoms. The van der Waals surface area contributed by atoms with Crippen molar-refractivity contribution in [1.29, 1.82) is 0 Å². The van der Waals surface area contributed by atoms with Crippen molar-refractivity contribution >= 4 is 23.9 Å². The number of methoxy groups -OCH3 is 1. The molecule has 1 saturated heterocycles. The topological polar surface area (TPSA) is 133 Å². The molecule has 11 heteroatoms. The van der Waals surface area contributed by atoms with Crippen LogP contribution in [-0.2, 0) is 58.9 Å². The molecule has 0 unspecified atom stereocenters. The molecule has 242 valence electrons. The van der Waals surface area contributed by atoms with E-state index >= 15 is 0 Å². The van der Waals surface area contributed by atoms with Crippen LogP contribution in [0.4, 0.5) is 0 Å². The molecule has 1 aromatic rings. The van der Waals surface area contributed by atoms with E-state index in [0.29, 0.717) is 13.0 Å². The molecular formula is C32H48O11. The molecule has 0 saturated carbocycles. The van der Waals surface area contributed by atoms with Crippen LogP contribution in [0.2, 0.25) is 0 Å². The number of hydrogen-bond donors (Lipinski definition) is 0. The Morgan fingerprint density at radius 3 is 1.86 bits per heavy atom. The maximum absolute atomic E-state index is 12.1. The Morgan fingerprint density at radius 1 is 0.698 bits per heavy atom. The van der Waals surface area contributed by atoms with Gasteiger partial charge in [0.25, 0.3) is 0 Å². The minimum absolute atomic E-state index is 0.152. The molecule has 0 aliphatic carbocycles. The Hall–Kier alpha value is -3.02. The molecule has 43 heavy (non-hydrogen) atoms. The van der Waals surface area contributed by atoms with Crippen molar-refractivity contribution in [3.05, 3.63) is 35.9 Å². The molecule has 2 rings (SSSR count). The van der Waals surface area contributed by atoms with Gasteiger partial charge in [-0.15, -0.1) is 0 Å². The molecule has 0 N–H and O–H groups in total. The monoisotopic (exact) mass is 608 g/mol. The number of ether oxygens (including phenoxy) is 7. The van der Waals surface area contributed by atoms with Gasteiger partial charge in [-0.3, -0.25) is 19.2 Å². The Kier molecular flexibility index (Phi) is 17.5. The minimum Gasteiger partial charge on any atom is -0.469 e. The number of esters is 4. The van der Waals surface area contributed by atoms with Gasteiger partial charge in [0.2, 0.25) is 0 Å². The maximum atomic E-state index is 12.1. The first-order valence-electron chi connectivity index (χ1n) is 15.2. The van der Waals surface area contributed by atoms with Crippen LogP contribution >= 0.6 is 0 Å². The first kappa shape index (κ1) is 36.2. The van der Waals surface area contributed by atoms with Crippen LogP contribution in [0.15, 0.2) is 30.3 Å². The van der Waals surface area contributed by atoms with Crippen LogP contribution in [0.3, 0.4) is 0 Å². The zero-order valence-electron chi connectivity index (χ0n) is 26.0. The number of carbonyl (C=O) groups excluding carboxylic acids is 4. The summed E-state index contributed by atoms with van der Waals surface area (Å²) < 4.78 is 39.4. The quantitative estimate of drug-likeness (QED) is 0.115. The molecule has 0 amide bonds. The molecular weight excluding hydrogens is 560 g/mol. The van der Waals surface area contributed by atoms with Gasteiger partial charge in [-0.05, 0) is 18.4 Å². The summed E-state index contributed by atoms with van der Waals surface area (Å²) >= 11 is 0. The van der Waals surface area contributed by atoms with Crippen LogP contribution in [0.1, 0.15) is 90.5 Å². The van der Waals surface area contributed by atoms with E-state index in [4.69, 9.17) is 28.4 Å². The summed E-state index contributed by atoms with van der Waals surface area (Å²) in [6.07, 6.45) is 4.70. The Balaban J connectivity index is 1.95. The summed E-state index contributed by atoms with van der Waals surface area (Å²) in [5.74, 6) is -1.83. The predicted molar refractivity (Wildman–Crippen MR) is 156 cm³/mol. The number of hydrogen-bond acceptors (Lipinski definition) is 11. The molecule has 0 radical (unpaired) electrons. The van der Waals surface area contributed by atoms with E-state index in [9.17, 15) is 19.2 Å². The number of unbranched alkanes of at least 4 members (excludes halogenated alkanes) is 8. The summed E-state index contributed by atoms with van der Waals surface area (Å²) in [5.41, 5.74) is 0.868. The van der Waals surface area contributed by atoms with Crippen LogP contribution < -0.4 is 0 Å². The van der Waals surface area contributed by atoms with E-state index in [1.54, 1.807) is 0 Å². The van der Waals surface area contributed by atoms with Crippen LogP contribution in [0, 0.1) is 0 Å². The molecule has 1 heterocycles. The van der Waals surface area contributed by atoms with Crippen molar-refractivity contribution in [3.8, 4) is 0 Å². The lowest BCUT2D eigenvalue weighted by Gasteiger charge is -2.44. The predicted octanol–water partition coefficient (Wildman–Crippen LogP) is 4.81. The summed E-state index contributed by atoms with van der Waals surface area (Å²) in [4.78, 5) is 46.9. The van der Waals surface area contributed by atoms with E-state index in [0.717, 1.165) is 63.4 Å². The number of benzene rings is 1.